The summed E-state index contributed by atoms with van der Waals surface area (Å²) in [7, 11) is 0. The lowest BCUT2D eigenvalue weighted by atomic mass is 10.2. The first-order chi connectivity index (χ1) is 15.1. The van der Waals surface area contributed by atoms with E-state index in [1.165, 1.54) is 31.4 Å². The number of nitrogens with one attached hydrogen (secondary N) is 1. The molecule has 4 rings (SSSR count). The molecule has 1 N–H and O–H groups in total. The Hall–Kier alpha value is -3.28. The Kier molecular flexibility index (Phi) is 6.55. The Morgan fingerprint density at radius 2 is 1.68 bits per heavy atom. The van der Waals surface area contributed by atoms with Crippen molar-refractivity contribution < 1.29 is 14.1 Å². The Morgan fingerprint density at radius 1 is 1.00 bits per heavy atom. The van der Waals surface area contributed by atoms with Gasteiger partial charge < -0.3 is 19.5 Å². The molecule has 1 aliphatic rings. The molecule has 0 saturated carbocycles. The number of nitrogens with zero attached hydrogens (tertiary/aromatic N) is 2. The molecule has 1 fully saturated rings. The van der Waals surface area contributed by atoms with Gasteiger partial charge in [0.15, 0.2) is 0 Å². The van der Waals surface area contributed by atoms with Crippen LogP contribution in [0.4, 0.5) is 11.4 Å². The van der Waals surface area contributed by atoms with Gasteiger partial charge in [0.05, 0.1) is 11.3 Å². The lowest BCUT2D eigenvalue weighted by Gasteiger charge is -2.22. The molecule has 1 aromatic heterocycles. The van der Waals surface area contributed by atoms with Crippen LogP contribution in [-0.4, -0.2) is 24.2 Å². The second-order valence-corrected chi connectivity index (χ2v) is 8.02. The molecule has 2 aromatic carbocycles. The van der Waals surface area contributed by atoms with Crippen LogP contribution in [-0.2, 0) is 6.61 Å². The molecule has 1 saturated heterocycles. The van der Waals surface area contributed by atoms with Crippen LogP contribution in [0.5, 0.6) is 5.75 Å². The van der Waals surface area contributed by atoms with Crippen molar-refractivity contribution >= 4 is 17.3 Å². The average molecular weight is 420 g/mol. The number of benzene rings is 2. The predicted octanol–water partition coefficient (Wildman–Crippen LogP) is 5.50. The highest BCUT2D eigenvalue weighted by molar-refractivity contribution is 6.04. The number of rotatable bonds is 6. The number of carbonyl (C=O) groups is 1. The molecule has 1 aliphatic heterocycles. The maximum atomic E-state index is 12.6. The van der Waals surface area contributed by atoms with Gasteiger partial charge in [-0.1, -0.05) is 18.0 Å². The zero-order chi connectivity index (χ0) is 21.6. The molecule has 2 heterocycles. The zero-order valence-corrected chi connectivity index (χ0v) is 18.2. The van der Waals surface area contributed by atoms with Gasteiger partial charge in [0, 0.05) is 30.0 Å². The summed E-state index contributed by atoms with van der Waals surface area (Å²) < 4.78 is 11.0. The van der Waals surface area contributed by atoms with Gasteiger partial charge in [0.1, 0.15) is 18.1 Å². The summed E-state index contributed by atoms with van der Waals surface area (Å²) in [5.41, 5.74) is 4.38. The quantitative estimate of drug-likeness (QED) is 0.571. The van der Waals surface area contributed by atoms with Crippen molar-refractivity contribution in [2.75, 3.05) is 23.3 Å². The maximum Gasteiger partial charge on any atom is 0.255 e. The molecular formula is C25H29N3O3. The SMILES string of the molecule is Cc1noc(C)c1COc1ccc(C(=O)Nc2ccc(N3CCCCCC3)cc2)cc1. The number of amides is 1. The Labute approximate surface area is 183 Å². The number of ether oxygens (including phenoxy) is 1. The summed E-state index contributed by atoms with van der Waals surface area (Å²) in [4.78, 5) is 15.0. The van der Waals surface area contributed by atoms with Crippen molar-refractivity contribution in [1.29, 1.82) is 0 Å². The lowest BCUT2D eigenvalue weighted by molar-refractivity contribution is 0.102. The third kappa shape index (κ3) is 5.26. The van der Waals surface area contributed by atoms with E-state index in [2.05, 4.69) is 27.5 Å². The number of hydrogen-bond donors (Lipinski definition) is 1. The smallest absolute Gasteiger partial charge is 0.255 e. The maximum absolute atomic E-state index is 12.6. The summed E-state index contributed by atoms with van der Waals surface area (Å²) in [6.45, 7) is 6.36. The van der Waals surface area contributed by atoms with Crippen molar-refractivity contribution in [2.24, 2.45) is 0 Å². The summed E-state index contributed by atoms with van der Waals surface area (Å²) in [5, 5.41) is 6.90. The molecule has 6 nitrogen and oxygen atoms in total. The summed E-state index contributed by atoms with van der Waals surface area (Å²) >= 11 is 0. The first-order valence-corrected chi connectivity index (χ1v) is 10.9. The predicted molar refractivity (Wildman–Crippen MR) is 122 cm³/mol. The van der Waals surface area contributed by atoms with E-state index in [-0.39, 0.29) is 5.91 Å². The molecular weight excluding hydrogens is 390 g/mol. The van der Waals surface area contributed by atoms with Crippen molar-refractivity contribution in [1.82, 2.24) is 5.16 Å². The minimum absolute atomic E-state index is 0.139. The van der Waals surface area contributed by atoms with Gasteiger partial charge in [-0.05, 0) is 75.2 Å². The Bertz CT molecular complexity index is 982. The highest BCUT2D eigenvalue weighted by Gasteiger charge is 2.12. The number of hydrogen-bond acceptors (Lipinski definition) is 5. The highest BCUT2D eigenvalue weighted by Crippen LogP contribution is 2.22. The molecule has 0 atom stereocenters. The van der Waals surface area contributed by atoms with Gasteiger partial charge in [-0.2, -0.15) is 0 Å². The van der Waals surface area contributed by atoms with Crippen LogP contribution in [0.15, 0.2) is 53.1 Å². The van der Waals surface area contributed by atoms with E-state index in [0.717, 1.165) is 35.8 Å². The minimum atomic E-state index is -0.139. The lowest BCUT2D eigenvalue weighted by Crippen LogP contribution is -2.23. The van der Waals surface area contributed by atoms with E-state index in [1.807, 2.05) is 26.0 Å². The van der Waals surface area contributed by atoms with Crippen molar-refractivity contribution in [3.63, 3.8) is 0 Å². The van der Waals surface area contributed by atoms with Gasteiger partial charge in [-0.25, -0.2) is 0 Å². The van der Waals surface area contributed by atoms with E-state index in [1.54, 1.807) is 24.3 Å². The van der Waals surface area contributed by atoms with Gasteiger partial charge in [0.2, 0.25) is 0 Å². The van der Waals surface area contributed by atoms with E-state index >= 15 is 0 Å². The monoisotopic (exact) mass is 419 g/mol. The van der Waals surface area contributed by atoms with Crippen LogP contribution in [0.2, 0.25) is 0 Å². The molecule has 31 heavy (non-hydrogen) atoms. The zero-order valence-electron chi connectivity index (χ0n) is 18.2. The van der Waals surface area contributed by atoms with Gasteiger partial charge in [-0.3, -0.25) is 4.79 Å². The van der Waals surface area contributed by atoms with Crippen molar-refractivity contribution in [2.45, 2.75) is 46.1 Å². The van der Waals surface area contributed by atoms with E-state index < -0.39 is 0 Å². The molecule has 0 radical (unpaired) electrons. The van der Waals surface area contributed by atoms with Crippen LogP contribution >= 0.6 is 0 Å². The molecule has 0 unspecified atom stereocenters. The molecule has 0 bridgehead atoms. The molecule has 6 heteroatoms. The standard InChI is InChI=1S/C25H29N3O3/c1-18-24(19(2)31-27-18)17-30-23-13-7-20(8-14-23)25(29)26-21-9-11-22(12-10-21)28-15-5-3-4-6-16-28/h7-14H,3-6,15-17H2,1-2H3,(H,26,29). The van der Waals surface area contributed by atoms with Crippen LogP contribution in [0.1, 0.15) is 53.1 Å². The average Bonchev–Trinajstić information content (AvgIpc) is 2.98. The molecule has 0 spiro atoms. The fraction of sp³-hybridized carbons (Fsp3) is 0.360. The van der Waals surface area contributed by atoms with Crippen LogP contribution < -0.4 is 15.0 Å². The van der Waals surface area contributed by atoms with Crippen molar-refractivity contribution in [3.8, 4) is 5.75 Å². The summed E-state index contributed by atoms with van der Waals surface area (Å²) in [5.74, 6) is 1.31. The van der Waals surface area contributed by atoms with E-state index in [9.17, 15) is 4.79 Å². The van der Waals surface area contributed by atoms with Gasteiger partial charge in [0.25, 0.3) is 5.91 Å². The Balaban J connectivity index is 1.33. The summed E-state index contributed by atoms with van der Waals surface area (Å²) in [6.07, 6.45) is 5.12. The third-order valence-corrected chi connectivity index (χ3v) is 5.78. The number of anilines is 2. The number of aryl methyl sites for hydroxylation is 2. The second-order valence-electron chi connectivity index (χ2n) is 8.02. The molecule has 3 aromatic rings. The van der Waals surface area contributed by atoms with Crippen LogP contribution in [0, 0.1) is 13.8 Å². The highest BCUT2D eigenvalue weighted by atomic mass is 16.5. The van der Waals surface area contributed by atoms with Crippen LogP contribution in [0.25, 0.3) is 0 Å². The topological polar surface area (TPSA) is 67.6 Å². The third-order valence-electron chi connectivity index (χ3n) is 5.78. The fourth-order valence-corrected chi connectivity index (χ4v) is 3.85. The number of aromatic nitrogens is 1. The fourth-order valence-electron chi connectivity index (χ4n) is 3.85. The minimum Gasteiger partial charge on any atom is -0.489 e. The Morgan fingerprint density at radius 3 is 2.29 bits per heavy atom. The number of carbonyl (C=O) groups excluding carboxylic acids is 1. The van der Waals surface area contributed by atoms with Gasteiger partial charge in [-0.15, -0.1) is 0 Å². The van der Waals surface area contributed by atoms with Gasteiger partial charge >= 0.3 is 0 Å². The molecule has 162 valence electrons. The molecule has 1 amide bonds. The van der Waals surface area contributed by atoms with Crippen LogP contribution in [0.3, 0.4) is 0 Å². The first kappa shape index (κ1) is 21.0. The normalized spacial score (nSPS) is 14.2. The largest absolute Gasteiger partial charge is 0.489 e. The molecule has 0 aliphatic carbocycles. The van der Waals surface area contributed by atoms with E-state index in [4.69, 9.17) is 9.26 Å². The second kappa shape index (κ2) is 9.69. The van der Waals surface area contributed by atoms with E-state index in [0.29, 0.717) is 17.9 Å². The van der Waals surface area contributed by atoms with Crippen molar-refractivity contribution in [3.05, 3.63) is 71.1 Å². The summed E-state index contributed by atoms with van der Waals surface area (Å²) in [6, 6.07) is 15.3. The first-order valence-electron chi connectivity index (χ1n) is 10.9.